The molecule has 4 saturated carbocycles. The lowest BCUT2D eigenvalue weighted by Crippen LogP contribution is -2.52. The van der Waals surface area contributed by atoms with E-state index in [1.54, 1.807) is 51.4 Å². The third kappa shape index (κ3) is 5.97. The minimum absolute atomic E-state index is 0.985. The zero-order chi connectivity index (χ0) is 23.1. The Kier molecular flexibility index (Phi) is 11.0. The molecule has 0 bridgehead atoms. The first-order chi connectivity index (χ1) is 15.6. The van der Waals surface area contributed by atoms with Crippen LogP contribution < -0.4 is 0 Å². The largest absolute Gasteiger partial charge is 0.0656 e. The molecule has 4 aliphatic carbocycles. The monoisotopic (exact) mass is 444 g/mol. The zero-order valence-electron chi connectivity index (χ0n) is 23.1. The maximum atomic E-state index is 2.67. The first kappa shape index (κ1) is 26.6. The summed E-state index contributed by atoms with van der Waals surface area (Å²) in [7, 11) is 0. The predicted octanol–water partition coefficient (Wildman–Crippen LogP) is 10.6. The first-order valence-electron chi connectivity index (χ1n) is 15.6. The van der Waals surface area contributed by atoms with Crippen LogP contribution in [0.3, 0.4) is 0 Å². The molecule has 0 heteroatoms. The van der Waals surface area contributed by atoms with Gasteiger partial charge in [0.05, 0.1) is 0 Å². The van der Waals surface area contributed by atoms with Gasteiger partial charge in [0.25, 0.3) is 0 Å². The van der Waals surface area contributed by atoms with Crippen molar-refractivity contribution < 1.29 is 0 Å². The topological polar surface area (TPSA) is 0 Å². The van der Waals surface area contributed by atoms with Gasteiger partial charge in [-0.05, 0) is 84.9 Å². The fourth-order valence-electron chi connectivity index (χ4n) is 9.73. The molecule has 4 aliphatic rings. The summed E-state index contributed by atoms with van der Waals surface area (Å²) in [6, 6.07) is 0. The summed E-state index contributed by atoms with van der Waals surface area (Å²) in [4.78, 5) is 0. The average Bonchev–Trinajstić information content (AvgIpc) is 3.09. The Morgan fingerprint density at radius 3 is 1.69 bits per heavy atom. The van der Waals surface area contributed by atoms with Crippen molar-refractivity contribution in [1.82, 2.24) is 0 Å². The Hall–Kier alpha value is 0. The van der Waals surface area contributed by atoms with Crippen molar-refractivity contribution in [1.29, 1.82) is 0 Å². The lowest BCUT2D eigenvalue weighted by Gasteiger charge is -2.58. The van der Waals surface area contributed by atoms with Crippen LogP contribution in [0.25, 0.3) is 0 Å². The van der Waals surface area contributed by atoms with Gasteiger partial charge in [-0.1, -0.05) is 119 Å². The van der Waals surface area contributed by atoms with Crippen molar-refractivity contribution in [3.8, 4) is 0 Å². The lowest BCUT2D eigenvalue weighted by molar-refractivity contribution is -0.0966. The normalized spacial score (nSPS) is 43.5. The Bertz CT molecular complexity index is 500. The minimum Gasteiger partial charge on any atom is -0.0656 e. The molecule has 32 heavy (non-hydrogen) atoms. The molecule has 9 atom stereocenters. The molecule has 0 aromatic heterocycles. The maximum absolute atomic E-state index is 2.67. The van der Waals surface area contributed by atoms with Gasteiger partial charge in [-0.2, -0.15) is 0 Å². The SMILES string of the molecule is CCC.CCC1C(C)C2CCC(C)C[C@H]2C(C2CCCCC2C2CCCCCC2)C1CC. The van der Waals surface area contributed by atoms with Crippen molar-refractivity contribution in [2.45, 2.75) is 144 Å². The van der Waals surface area contributed by atoms with Gasteiger partial charge < -0.3 is 0 Å². The van der Waals surface area contributed by atoms with E-state index in [0.29, 0.717) is 0 Å². The smallest absolute Gasteiger partial charge is 0.0321 e. The van der Waals surface area contributed by atoms with E-state index in [2.05, 4.69) is 41.5 Å². The van der Waals surface area contributed by atoms with Gasteiger partial charge in [-0.15, -0.1) is 0 Å². The zero-order valence-corrected chi connectivity index (χ0v) is 23.1. The van der Waals surface area contributed by atoms with Crippen molar-refractivity contribution in [2.75, 3.05) is 0 Å². The molecule has 0 heterocycles. The van der Waals surface area contributed by atoms with Crippen LogP contribution in [-0.4, -0.2) is 0 Å². The molecule has 4 rings (SSSR count). The number of hydrogen-bond donors (Lipinski definition) is 0. The van der Waals surface area contributed by atoms with Crippen LogP contribution in [0.1, 0.15) is 144 Å². The number of fused-ring (bicyclic) bond motifs is 1. The van der Waals surface area contributed by atoms with Gasteiger partial charge >= 0.3 is 0 Å². The van der Waals surface area contributed by atoms with Crippen molar-refractivity contribution in [2.24, 2.45) is 59.2 Å². The second kappa shape index (κ2) is 13.2. The molecule has 0 N–H and O–H groups in total. The van der Waals surface area contributed by atoms with Crippen LogP contribution in [0.15, 0.2) is 0 Å². The Morgan fingerprint density at radius 1 is 0.531 bits per heavy atom. The van der Waals surface area contributed by atoms with Crippen LogP contribution in [0.4, 0.5) is 0 Å². The molecule has 0 spiro atoms. The highest BCUT2D eigenvalue weighted by molar-refractivity contribution is 5.01. The highest BCUT2D eigenvalue weighted by Gasteiger charge is 2.52. The number of rotatable bonds is 4. The molecule has 0 aromatic carbocycles. The van der Waals surface area contributed by atoms with E-state index >= 15 is 0 Å². The van der Waals surface area contributed by atoms with Crippen LogP contribution >= 0.6 is 0 Å². The summed E-state index contributed by atoms with van der Waals surface area (Å²) < 4.78 is 0. The van der Waals surface area contributed by atoms with Gasteiger partial charge in [-0.25, -0.2) is 0 Å². The molecule has 0 aromatic rings. The second-order valence-electron chi connectivity index (χ2n) is 12.9. The summed E-state index contributed by atoms with van der Waals surface area (Å²) in [5.41, 5.74) is 0. The lowest BCUT2D eigenvalue weighted by atomic mass is 9.47. The van der Waals surface area contributed by atoms with E-state index in [1.165, 1.54) is 51.4 Å². The first-order valence-corrected chi connectivity index (χ1v) is 15.6. The Balaban J connectivity index is 0.000000913. The average molecular weight is 445 g/mol. The second-order valence-corrected chi connectivity index (χ2v) is 12.9. The summed E-state index contributed by atoms with van der Waals surface area (Å²) in [6.45, 7) is 14.6. The molecule has 4 fully saturated rings. The standard InChI is InChI=1S/C29H52.C3H8/c1-5-23-21(4)25-18-17-20(3)19-28(25)29(24(23)6-2)27-16-12-11-15-26(27)22-13-9-7-8-10-14-22;1-3-2/h20-29H,5-19H2,1-4H3;3H2,1-2H3/t20?,21?,23?,24?,25?,26?,27?,28-,29?;/m1./s1. The van der Waals surface area contributed by atoms with E-state index in [0.717, 1.165) is 59.2 Å². The molecule has 0 nitrogen and oxygen atoms in total. The van der Waals surface area contributed by atoms with E-state index in [4.69, 9.17) is 0 Å². The Labute approximate surface area is 203 Å². The van der Waals surface area contributed by atoms with E-state index in [-0.39, 0.29) is 0 Å². The third-order valence-electron chi connectivity index (χ3n) is 10.9. The molecule has 0 aliphatic heterocycles. The van der Waals surface area contributed by atoms with E-state index < -0.39 is 0 Å². The number of hydrogen-bond acceptors (Lipinski definition) is 0. The molecule has 0 radical (unpaired) electrons. The molecule has 0 amide bonds. The van der Waals surface area contributed by atoms with Gasteiger partial charge in [0.1, 0.15) is 0 Å². The van der Waals surface area contributed by atoms with Crippen LogP contribution in [0, 0.1) is 59.2 Å². The highest BCUT2D eigenvalue weighted by Crippen LogP contribution is 2.60. The van der Waals surface area contributed by atoms with Crippen LogP contribution in [0.2, 0.25) is 0 Å². The molecular weight excluding hydrogens is 384 g/mol. The third-order valence-corrected chi connectivity index (χ3v) is 10.9. The van der Waals surface area contributed by atoms with E-state index in [1.807, 2.05) is 0 Å². The van der Waals surface area contributed by atoms with Crippen molar-refractivity contribution >= 4 is 0 Å². The molecule has 8 unspecified atom stereocenters. The van der Waals surface area contributed by atoms with Gasteiger partial charge in [-0.3, -0.25) is 0 Å². The van der Waals surface area contributed by atoms with Gasteiger partial charge in [0.2, 0.25) is 0 Å². The molecular formula is C32H60. The molecule has 0 saturated heterocycles. The van der Waals surface area contributed by atoms with Crippen LogP contribution in [0.5, 0.6) is 0 Å². The summed E-state index contributed by atoms with van der Waals surface area (Å²) in [5.74, 6) is 10.5. The van der Waals surface area contributed by atoms with Gasteiger partial charge in [0, 0.05) is 0 Å². The fourth-order valence-corrected chi connectivity index (χ4v) is 9.73. The predicted molar refractivity (Wildman–Crippen MR) is 143 cm³/mol. The maximum Gasteiger partial charge on any atom is -0.0321 e. The minimum atomic E-state index is 0.985. The molecule has 188 valence electrons. The summed E-state index contributed by atoms with van der Waals surface area (Å²) in [5, 5.41) is 0. The summed E-state index contributed by atoms with van der Waals surface area (Å²) in [6.07, 6.45) is 24.3. The fraction of sp³-hybridized carbons (Fsp3) is 1.00. The van der Waals surface area contributed by atoms with Crippen molar-refractivity contribution in [3.05, 3.63) is 0 Å². The Morgan fingerprint density at radius 2 is 1.09 bits per heavy atom. The van der Waals surface area contributed by atoms with Crippen LogP contribution in [-0.2, 0) is 0 Å². The quantitative estimate of drug-likeness (QED) is 0.378. The van der Waals surface area contributed by atoms with Gasteiger partial charge in [0.15, 0.2) is 0 Å². The highest BCUT2D eigenvalue weighted by atomic mass is 14.6. The van der Waals surface area contributed by atoms with E-state index in [9.17, 15) is 0 Å². The van der Waals surface area contributed by atoms with Crippen molar-refractivity contribution in [3.63, 3.8) is 0 Å². The summed E-state index contributed by atoms with van der Waals surface area (Å²) >= 11 is 0.